The van der Waals surface area contributed by atoms with Crippen molar-refractivity contribution in [2.24, 2.45) is 0 Å². The topological polar surface area (TPSA) is 71.7 Å². The third kappa shape index (κ3) is 1.59. The van der Waals surface area contributed by atoms with Gasteiger partial charge < -0.3 is 9.42 Å². The summed E-state index contributed by atoms with van der Waals surface area (Å²) in [6, 6.07) is -0.170. The van der Waals surface area contributed by atoms with Crippen molar-refractivity contribution in [1.29, 1.82) is 0 Å². The molecular weight excluding hydrogens is 224 g/mol. The zero-order valence-electron chi connectivity index (χ0n) is 9.37. The van der Waals surface area contributed by atoms with Crippen LogP contribution in [0.3, 0.4) is 0 Å². The first kappa shape index (κ1) is 10.3. The van der Waals surface area contributed by atoms with Gasteiger partial charge in [0.2, 0.25) is 6.39 Å². The number of carbonyl (C=O) groups is 1. The maximum atomic E-state index is 11.9. The van der Waals surface area contributed by atoms with Crippen LogP contribution in [0.5, 0.6) is 0 Å². The summed E-state index contributed by atoms with van der Waals surface area (Å²) in [7, 11) is 0. The maximum absolute atomic E-state index is 11.9. The van der Waals surface area contributed by atoms with Crippen LogP contribution < -0.4 is 0 Å². The summed E-state index contributed by atoms with van der Waals surface area (Å²) in [5.41, 5.74) is 0.894. The van der Waals surface area contributed by atoms with Gasteiger partial charge in [-0.1, -0.05) is 5.16 Å². The van der Waals surface area contributed by atoms with Crippen LogP contribution in [-0.4, -0.2) is 51.9 Å². The van der Waals surface area contributed by atoms with Crippen LogP contribution in [0.4, 0.5) is 4.79 Å². The zero-order valence-corrected chi connectivity index (χ0v) is 9.37. The Morgan fingerprint density at radius 2 is 2.53 bits per heavy atom. The van der Waals surface area contributed by atoms with Crippen molar-refractivity contribution in [3.05, 3.63) is 18.3 Å². The summed E-state index contributed by atoms with van der Waals surface area (Å²) in [6.45, 7) is 3.48. The molecule has 0 radical (unpaired) electrons. The highest BCUT2D eigenvalue weighted by molar-refractivity contribution is 5.81. The van der Waals surface area contributed by atoms with Crippen LogP contribution in [0.15, 0.2) is 17.0 Å². The van der Waals surface area contributed by atoms with E-state index in [-0.39, 0.29) is 12.1 Å². The molecule has 7 heteroatoms. The molecule has 1 aromatic rings. The predicted molar refractivity (Wildman–Crippen MR) is 56.5 cm³/mol. The highest BCUT2D eigenvalue weighted by atomic mass is 16.7. The molecule has 2 aliphatic rings. The fraction of sp³-hybridized carbons (Fsp3) is 0.500. The molecule has 1 saturated heterocycles. The smallest absolute Gasteiger partial charge is 0.342 e. The molecule has 1 fully saturated rings. The highest BCUT2D eigenvalue weighted by Gasteiger charge is 2.41. The molecule has 3 rings (SSSR count). The number of aromatic nitrogens is 2. The lowest BCUT2D eigenvalue weighted by atomic mass is 10.1. The van der Waals surface area contributed by atoms with E-state index >= 15 is 0 Å². The van der Waals surface area contributed by atoms with E-state index in [1.54, 1.807) is 4.90 Å². The fourth-order valence-corrected chi connectivity index (χ4v) is 2.15. The lowest BCUT2D eigenvalue weighted by molar-refractivity contribution is -0.114. The van der Waals surface area contributed by atoms with E-state index < -0.39 is 0 Å². The molecule has 2 bridgehead atoms. The van der Waals surface area contributed by atoms with Crippen LogP contribution in [0, 0.1) is 0 Å². The minimum atomic E-state index is -0.105. The number of rotatable bonds is 3. The van der Waals surface area contributed by atoms with E-state index in [4.69, 9.17) is 9.36 Å². The van der Waals surface area contributed by atoms with Gasteiger partial charge in [0.25, 0.3) is 0 Å². The first-order valence-electron chi connectivity index (χ1n) is 5.48. The second kappa shape index (κ2) is 3.85. The van der Waals surface area contributed by atoms with Gasteiger partial charge >= 0.3 is 6.03 Å². The lowest BCUT2D eigenvalue weighted by Crippen LogP contribution is -2.32. The molecule has 0 N–H and O–H groups in total. The van der Waals surface area contributed by atoms with Crippen molar-refractivity contribution in [2.45, 2.75) is 13.0 Å². The Balaban J connectivity index is 1.88. The van der Waals surface area contributed by atoms with Gasteiger partial charge in [-0.25, -0.2) is 4.79 Å². The van der Waals surface area contributed by atoms with E-state index in [1.165, 1.54) is 11.5 Å². The monoisotopic (exact) mass is 236 g/mol. The van der Waals surface area contributed by atoms with E-state index in [9.17, 15) is 4.79 Å². The van der Waals surface area contributed by atoms with Gasteiger partial charge in [0.15, 0.2) is 5.82 Å². The zero-order chi connectivity index (χ0) is 11.8. The summed E-state index contributed by atoms with van der Waals surface area (Å²) >= 11 is 0. The molecule has 2 amide bonds. The number of hydroxylamine groups is 2. The number of urea groups is 1. The standard InChI is InChI=1S/C10H12N4O3/c1-2-17-14-8-3-7(9-11-6-16-12-9)4-13(5-8)10(14)15/h3,6,8H,2,4-5H2,1H3. The molecule has 2 aliphatic heterocycles. The van der Waals surface area contributed by atoms with Crippen molar-refractivity contribution in [2.75, 3.05) is 19.7 Å². The first-order chi connectivity index (χ1) is 8.29. The predicted octanol–water partition coefficient (Wildman–Crippen LogP) is 0.524. The maximum Gasteiger partial charge on any atom is 0.344 e. The summed E-state index contributed by atoms with van der Waals surface area (Å²) < 4.78 is 4.71. The Morgan fingerprint density at radius 3 is 3.24 bits per heavy atom. The minimum absolute atomic E-state index is 0.0651. The molecule has 3 heterocycles. The van der Waals surface area contributed by atoms with E-state index in [0.717, 1.165) is 5.57 Å². The van der Waals surface area contributed by atoms with Crippen molar-refractivity contribution in [1.82, 2.24) is 20.1 Å². The summed E-state index contributed by atoms with van der Waals surface area (Å²) in [4.78, 5) is 23.0. The van der Waals surface area contributed by atoms with Crippen molar-refractivity contribution < 1.29 is 14.2 Å². The Hall–Kier alpha value is -1.89. The average molecular weight is 236 g/mol. The van der Waals surface area contributed by atoms with Crippen molar-refractivity contribution in [3.63, 3.8) is 0 Å². The number of hydrogen-bond donors (Lipinski definition) is 0. The first-order valence-corrected chi connectivity index (χ1v) is 5.48. The highest BCUT2D eigenvalue weighted by Crippen LogP contribution is 2.27. The molecule has 1 atom stereocenters. The van der Waals surface area contributed by atoms with E-state index in [1.807, 2.05) is 13.0 Å². The summed E-state index contributed by atoms with van der Waals surface area (Å²) in [5.74, 6) is 0.533. The van der Waals surface area contributed by atoms with Crippen LogP contribution >= 0.6 is 0 Å². The molecule has 1 unspecified atom stereocenters. The van der Waals surface area contributed by atoms with Gasteiger partial charge in [0, 0.05) is 12.1 Å². The van der Waals surface area contributed by atoms with E-state index in [0.29, 0.717) is 25.5 Å². The normalized spacial score (nSPS) is 23.2. The minimum Gasteiger partial charge on any atom is -0.342 e. The lowest BCUT2D eigenvalue weighted by Gasteiger charge is -2.19. The number of fused-ring (bicyclic) bond motifs is 2. The van der Waals surface area contributed by atoms with Crippen LogP contribution in [-0.2, 0) is 4.84 Å². The largest absolute Gasteiger partial charge is 0.344 e. The van der Waals surface area contributed by atoms with Crippen molar-refractivity contribution >= 4 is 11.6 Å². The summed E-state index contributed by atoms with van der Waals surface area (Å²) in [6.07, 6.45) is 3.24. The quantitative estimate of drug-likeness (QED) is 0.765. The SMILES string of the molecule is CCON1C(=O)N2CC(c3ncon3)=CC1C2. The van der Waals surface area contributed by atoms with Gasteiger partial charge in [-0.15, -0.1) is 0 Å². The van der Waals surface area contributed by atoms with Gasteiger partial charge in [0.1, 0.15) is 0 Å². The third-order valence-electron chi connectivity index (χ3n) is 2.84. The number of nitrogens with zero attached hydrogens (tertiary/aromatic N) is 4. The second-order valence-corrected chi connectivity index (χ2v) is 3.92. The molecule has 0 saturated carbocycles. The molecule has 0 spiro atoms. The molecule has 17 heavy (non-hydrogen) atoms. The Labute approximate surface area is 97.6 Å². The molecule has 1 aromatic heterocycles. The molecule has 90 valence electrons. The Bertz CT molecular complexity index is 456. The van der Waals surface area contributed by atoms with Crippen LogP contribution in [0.2, 0.25) is 0 Å². The van der Waals surface area contributed by atoms with Gasteiger partial charge in [-0.2, -0.15) is 10.0 Å². The molecule has 7 nitrogen and oxygen atoms in total. The van der Waals surface area contributed by atoms with E-state index in [2.05, 4.69) is 10.1 Å². The van der Waals surface area contributed by atoms with Gasteiger partial charge in [0.05, 0.1) is 19.2 Å². The molecule has 0 aromatic carbocycles. The van der Waals surface area contributed by atoms with Crippen LogP contribution in [0.1, 0.15) is 12.7 Å². The number of amides is 2. The van der Waals surface area contributed by atoms with Crippen molar-refractivity contribution in [3.8, 4) is 0 Å². The summed E-state index contributed by atoms with van der Waals surface area (Å²) in [5, 5.41) is 5.19. The Morgan fingerprint density at radius 1 is 1.65 bits per heavy atom. The third-order valence-corrected chi connectivity index (χ3v) is 2.84. The Kier molecular flexibility index (Phi) is 2.32. The van der Waals surface area contributed by atoms with Gasteiger partial charge in [-0.3, -0.25) is 4.84 Å². The molecule has 0 aliphatic carbocycles. The fourth-order valence-electron chi connectivity index (χ4n) is 2.15. The van der Waals surface area contributed by atoms with Gasteiger partial charge in [-0.05, 0) is 13.0 Å². The van der Waals surface area contributed by atoms with Crippen LogP contribution in [0.25, 0.3) is 5.57 Å². The molecular formula is C10H12N4O3. The number of carbonyl (C=O) groups excluding carboxylic acids is 1. The number of hydrogen-bond acceptors (Lipinski definition) is 5. The second-order valence-electron chi connectivity index (χ2n) is 3.92. The average Bonchev–Trinajstić information content (AvgIpc) is 2.94.